The van der Waals surface area contributed by atoms with Crippen LogP contribution in [0.15, 0.2) is 41.4 Å². The van der Waals surface area contributed by atoms with E-state index in [0.29, 0.717) is 34.7 Å². The molecule has 0 spiro atoms. The van der Waals surface area contributed by atoms with Crippen molar-refractivity contribution in [1.29, 1.82) is 0 Å². The number of ether oxygens (including phenoxy) is 1. The van der Waals surface area contributed by atoms with Gasteiger partial charge in [-0.05, 0) is 67.1 Å². The topological polar surface area (TPSA) is 80.0 Å². The third-order valence-corrected chi connectivity index (χ3v) is 8.05. The molecule has 1 fully saturated rings. The van der Waals surface area contributed by atoms with Crippen LogP contribution in [0.2, 0.25) is 10.0 Å². The first-order valence-corrected chi connectivity index (χ1v) is 13.8. The number of nitrogens with two attached hydrogens (primary N) is 1. The molecule has 0 saturated carbocycles. The molecule has 2 aromatic rings. The minimum atomic E-state index is 0.0947. The number of piperidine rings is 1. The maximum absolute atomic E-state index is 12.4. The molecule has 0 radical (unpaired) electrons. The molecule has 0 aliphatic carbocycles. The number of aliphatic imine (C=N–C) groups is 1. The first-order chi connectivity index (χ1) is 16.9. The molecule has 3 N–H and O–H groups in total. The lowest BCUT2D eigenvalue weighted by Gasteiger charge is -2.32. The smallest absolute Gasteiger partial charge is 0.220 e. The normalized spacial score (nSPS) is 18.9. The van der Waals surface area contributed by atoms with E-state index in [4.69, 9.17) is 33.7 Å². The number of hydrogen-bond donors (Lipinski definition) is 2. The highest BCUT2D eigenvalue weighted by Crippen LogP contribution is 2.32. The number of nitrogens with zero attached hydrogens (tertiary/aromatic N) is 2. The molecule has 188 valence electrons. The molecule has 2 aliphatic heterocycles. The van der Waals surface area contributed by atoms with Gasteiger partial charge in [0.2, 0.25) is 5.91 Å². The maximum atomic E-state index is 12.4. The van der Waals surface area contributed by atoms with Crippen LogP contribution < -0.4 is 15.8 Å². The summed E-state index contributed by atoms with van der Waals surface area (Å²) in [7, 11) is 0. The summed E-state index contributed by atoms with van der Waals surface area (Å²) in [6, 6.07) is 12.2. The predicted molar refractivity (Wildman–Crippen MR) is 146 cm³/mol. The summed E-state index contributed by atoms with van der Waals surface area (Å²) < 4.78 is 5.88. The van der Waals surface area contributed by atoms with E-state index in [1.54, 1.807) is 11.8 Å². The van der Waals surface area contributed by atoms with Gasteiger partial charge in [0.15, 0.2) is 5.17 Å². The van der Waals surface area contributed by atoms with Gasteiger partial charge in [-0.15, -0.1) is 0 Å². The van der Waals surface area contributed by atoms with E-state index >= 15 is 0 Å². The third-order valence-electron chi connectivity index (χ3n) is 6.43. The molecule has 1 atom stereocenters. The predicted octanol–water partition coefficient (Wildman–Crippen LogP) is 5.34. The summed E-state index contributed by atoms with van der Waals surface area (Å²) in [4.78, 5) is 19.3. The van der Waals surface area contributed by atoms with Crippen LogP contribution in [0, 0.1) is 6.92 Å². The summed E-state index contributed by atoms with van der Waals surface area (Å²) in [5, 5.41) is 5.01. The number of benzene rings is 2. The van der Waals surface area contributed by atoms with Gasteiger partial charge in [-0.25, -0.2) is 0 Å². The fourth-order valence-electron chi connectivity index (χ4n) is 4.52. The lowest BCUT2D eigenvalue weighted by molar-refractivity contribution is -0.122. The Kier molecular flexibility index (Phi) is 9.22. The highest BCUT2D eigenvalue weighted by Gasteiger charge is 2.21. The monoisotopic (exact) mass is 534 g/mol. The zero-order valence-electron chi connectivity index (χ0n) is 19.9. The average molecular weight is 536 g/mol. The van der Waals surface area contributed by atoms with Gasteiger partial charge in [0.05, 0.1) is 22.7 Å². The number of amides is 1. The Morgan fingerprint density at radius 3 is 2.69 bits per heavy atom. The number of carbonyl (C=O) groups excluding carboxylic acids is 1. The van der Waals surface area contributed by atoms with Gasteiger partial charge in [-0.1, -0.05) is 47.1 Å². The molecule has 6 nitrogen and oxygen atoms in total. The summed E-state index contributed by atoms with van der Waals surface area (Å²) in [5.74, 6) is 1.80. The van der Waals surface area contributed by atoms with Crippen LogP contribution in [0.3, 0.4) is 0 Å². The number of rotatable bonds is 9. The van der Waals surface area contributed by atoms with Crippen molar-refractivity contribution in [2.24, 2.45) is 10.7 Å². The largest absolute Gasteiger partial charge is 0.494 e. The van der Waals surface area contributed by atoms with Crippen LogP contribution in [-0.4, -0.2) is 47.5 Å². The molecule has 2 aromatic carbocycles. The molecular formula is C26H32Cl2N4O2S. The molecule has 0 aromatic heterocycles. The Morgan fingerprint density at radius 2 is 2.00 bits per heavy atom. The molecule has 4 rings (SSSR count). The average Bonchev–Trinajstić information content (AvgIpc) is 3.26. The molecule has 1 amide bonds. The molecule has 0 bridgehead atoms. The summed E-state index contributed by atoms with van der Waals surface area (Å²) in [5.41, 5.74) is 9.29. The van der Waals surface area contributed by atoms with Crippen LogP contribution in [0.1, 0.15) is 48.4 Å². The Morgan fingerprint density at radius 1 is 1.20 bits per heavy atom. The lowest BCUT2D eigenvalue weighted by Crippen LogP contribution is -2.44. The number of likely N-dealkylation sites (tertiary alicyclic amines) is 1. The zero-order valence-corrected chi connectivity index (χ0v) is 22.3. The molecule has 35 heavy (non-hydrogen) atoms. The van der Waals surface area contributed by atoms with Gasteiger partial charge >= 0.3 is 0 Å². The van der Waals surface area contributed by atoms with Crippen molar-refractivity contribution in [3.63, 3.8) is 0 Å². The van der Waals surface area contributed by atoms with Crippen molar-refractivity contribution in [2.75, 3.05) is 25.4 Å². The fourth-order valence-corrected chi connectivity index (χ4v) is 5.62. The Balaban J connectivity index is 1.12. The van der Waals surface area contributed by atoms with Crippen LogP contribution in [0.25, 0.3) is 0 Å². The van der Waals surface area contributed by atoms with E-state index in [-0.39, 0.29) is 18.0 Å². The van der Waals surface area contributed by atoms with Gasteiger partial charge in [-0.3, -0.25) is 14.7 Å². The van der Waals surface area contributed by atoms with Crippen LogP contribution in [-0.2, 0) is 11.3 Å². The van der Waals surface area contributed by atoms with Gasteiger partial charge in [0.25, 0.3) is 0 Å². The van der Waals surface area contributed by atoms with Crippen molar-refractivity contribution in [1.82, 2.24) is 10.2 Å². The third kappa shape index (κ3) is 7.53. The number of hydrogen-bond acceptors (Lipinski definition) is 6. The van der Waals surface area contributed by atoms with Gasteiger partial charge in [0.1, 0.15) is 5.75 Å². The number of amidine groups is 1. The van der Waals surface area contributed by atoms with Gasteiger partial charge in [0, 0.05) is 37.8 Å². The first-order valence-electron chi connectivity index (χ1n) is 12.0. The van der Waals surface area contributed by atoms with E-state index in [0.717, 1.165) is 55.1 Å². The highest BCUT2D eigenvalue weighted by molar-refractivity contribution is 8.14. The molecule has 1 unspecified atom stereocenters. The molecule has 1 saturated heterocycles. The number of thioether (sulfide) groups is 1. The van der Waals surface area contributed by atoms with E-state index in [9.17, 15) is 4.79 Å². The number of nitrogens with one attached hydrogen (secondary N) is 1. The van der Waals surface area contributed by atoms with Crippen molar-refractivity contribution < 1.29 is 9.53 Å². The first kappa shape index (κ1) is 26.1. The Bertz CT molecular complexity index is 1070. The van der Waals surface area contributed by atoms with E-state index < -0.39 is 0 Å². The highest BCUT2D eigenvalue weighted by atomic mass is 35.5. The SMILES string of the molecule is Cc1cc(OCCCC(=O)NC2CCN(Cc3ccc(Cl)c(Cl)c3)CC2)ccc1C1CSC(N)=N1. The molecule has 9 heteroatoms. The standard InChI is InChI=1S/C26H32Cl2N4O2S/c1-17-13-20(5-6-21(17)24-16-35-26(29)31-24)34-12-2-3-25(33)30-19-8-10-32(11-9-19)15-18-4-7-22(27)23(28)14-18/h4-7,13-14,19,24H,2-3,8-12,15-16H2,1H3,(H2,29,31)(H,30,33). The van der Waals surface area contributed by atoms with Crippen molar-refractivity contribution in [3.05, 3.63) is 63.1 Å². The summed E-state index contributed by atoms with van der Waals surface area (Å²) in [6.07, 6.45) is 3.05. The van der Waals surface area contributed by atoms with E-state index in [1.165, 1.54) is 5.56 Å². The maximum Gasteiger partial charge on any atom is 0.220 e. The fraction of sp³-hybridized carbons (Fsp3) is 0.462. The van der Waals surface area contributed by atoms with Crippen LogP contribution in [0.5, 0.6) is 5.75 Å². The molecular weight excluding hydrogens is 503 g/mol. The minimum Gasteiger partial charge on any atom is -0.494 e. The molecule has 2 aliphatic rings. The number of carbonyl (C=O) groups is 1. The minimum absolute atomic E-state index is 0.0947. The second kappa shape index (κ2) is 12.3. The Hall–Kier alpha value is -1.93. The number of aryl methyl sites for hydroxylation is 1. The van der Waals surface area contributed by atoms with E-state index in [2.05, 4.69) is 28.2 Å². The van der Waals surface area contributed by atoms with Crippen molar-refractivity contribution >= 4 is 46.0 Å². The zero-order chi connectivity index (χ0) is 24.8. The summed E-state index contributed by atoms with van der Waals surface area (Å²) in [6.45, 7) is 5.32. The quantitative estimate of drug-likeness (QED) is 0.424. The lowest BCUT2D eigenvalue weighted by atomic mass is 10.0. The van der Waals surface area contributed by atoms with Crippen molar-refractivity contribution in [3.8, 4) is 5.75 Å². The second-order valence-corrected chi connectivity index (χ2v) is 11.0. The van der Waals surface area contributed by atoms with Crippen molar-refractivity contribution in [2.45, 2.75) is 51.2 Å². The van der Waals surface area contributed by atoms with E-state index in [1.807, 2.05) is 30.3 Å². The molecule has 2 heterocycles. The van der Waals surface area contributed by atoms with Gasteiger partial charge in [-0.2, -0.15) is 0 Å². The Labute approximate surface area is 221 Å². The van der Waals surface area contributed by atoms with Gasteiger partial charge < -0.3 is 15.8 Å². The summed E-state index contributed by atoms with van der Waals surface area (Å²) >= 11 is 13.7. The van der Waals surface area contributed by atoms with Crippen LogP contribution >= 0.6 is 35.0 Å². The van der Waals surface area contributed by atoms with Crippen LogP contribution in [0.4, 0.5) is 0 Å². The second-order valence-electron chi connectivity index (χ2n) is 9.13. The number of halogens is 2.